The molecule has 0 saturated heterocycles. The van der Waals surface area contributed by atoms with Crippen molar-refractivity contribution < 1.29 is 4.79 Å². The van der Waals surface area contributed by atoms with Crippen molar-refractivity contribution >= 4 is 17.5 Å². The zero-order valence-electron chi connectivity index (χ0n) is 12.8. The van der Waals surface area contributed by atoms with Crippen LogP contribution in [0, 0.1) is 0 Å². The van der Waals surface area contributed by atoms with Gasteiger partial charge in [-0.2, -0.15) is 0 Å². The van der Waals surface area contributed by atoms with Crippen LogP contribution in [0.5, 0.6) is 0 Å². The minimum absolute atomic E-state index is 0.146. The van der Waals surface area contributed by atoms with Gasteiger partial charge < -0.3 is 5.32 Å². The van der Waals surface area contributed by atoms with E-state index in [0.717, 1.165) is 12.8 Å². The Kier molecular flexibility index (Phi) is 14.0. The maximum absolute atomic E-state index is 11.5. The van der Waals surface area contributed by atoms with E-state index in [4.69, 9.17) is 11.6 Å². The monoisotopic (exact) mass is 289 g/mol. The third-order valence-electron chi connectivity index (χ3n) is 3.37. The first-order valence-electron chi connectivity index (χ1n) is 8.07. The highest BCUT2D eigenvalue weighted by Crippen LogP contribution is 2.10. The smallest absolute Gasteiger partial charge is 0.219 e. The quantitative estimate of drug-likeness (QED) is 0.373. The number of alkyl halides is 1. The molecule has 0 aromatic rings. The summed E-state index contributed by atoms with van der Waals surface area (Å²) in [7, 11) is 0. The third kappa shape index (κ3) is 15.7. The second kappa shape index (κ2) is 14.2. The van der Waals surface area contributed by atoms with Crippen molar-refractivity contribution in [1.82, 2.24) is 5.32 Å². The summed E-state index contributed by atoms with van der Waals surface area (Å²) in [6, 6.07) is 0. The minimum atomic E-state index is 0.146. The van der Waals surface area contributed by atoms with E-state index in [9.17, 15) is 4.79 Å². The van der Waals surface area contributed by atoms with Crippen molar-refractivity contribution in [3.63, 3.8) is 0 Å². The average molecular weight is 290 g/mol. The van der Waals surface area contributed by atoms with Crippen LogP contribution >= 0.6 is 11.6 Å². The molecule has 3 heteroatoms. The molecule has 0 aliphatic heterocycles. The Morgan fingerprint density at radius 2 is 1.53 bits per heavy atom. The Morgan fingerprint density at radius 3 is 2.05 bits per heavy atom. The lowest BCUT2D eigenvalue weighted by molar-refractivity contribution is -0.121. The predicted molar refractivity (Wildman–Crippen MR) is 84.8 cm³/mol. The Hall–Kier alpha value is -0.240. The summed E-state index contributed by atoms with van der Waals surface area (Å²) in [5.74, 6) is 0.181. The van der Waals surface area contributed by atoms with E-state index in [2.05, 4.69) is 12.2 Å². The molecule has 2 nitrogen and oxygen atoms in total. The minimum Gasteiger partial charge on any atom is -0.356 e. The summed E-state index contributed by atoms with van der Waals surface area (Å²) in [4.78, 5) is 11.5. The molecule has 0 radical (unpaired) electrons. The van der Waals surface area contributed by atoms with Crippen molar-refractivity contribution in [3.05, 3.63) is 0 Å². The van der Waals surface area contributed by atoms with Gasteiger partial charge in [0.1, 0.15) is 0 Å². The topological polar surface area (TPSA) is 29.1 Å². The van der Waals surface area contributed by atoms with E-state index < -0.39 is 0 Å². The highest BCUT2D eigenvalue weighted by atomic mass is 35.5. The fourth-order valence-corrected chi connectivity index (χ4v) is 2.20. The molecule has 1 amide bonds. The predicted octanol–water partition coefficient (Wildman–Crippen LogP) is 5.04. The number of carbonyl (C=O) groups is 1. The number of carbonyl (C=O) groups excluding carboxylic acids is 1. The summed E-state index contributed by atoms with van der Waals surface area (Å²) in [6.45, 7) is 4.91. The van der Waals surface area contributed by atoms with Crippen LogP contribution in [0.4, 0.5) is 0 Å². The summed E-state index contributed by atoms with van der Waals surface area (Å²) >= 11 is 5.82. The summed E-state index contributed by atoms with van der Waals surface area (Å²) in [5.41, 5.74) is 0. The number of nitrogens with one attached hydrogen (secondary N) is 1. The number of unbranched alkanes of at least 4 members (excludes halogenated alkanes) is 8. The first-order valence-corrected chi connectivity index (χ1v) is 8.51. The first-order chi connectivity index (χ1) is 9.16. The number of amides is 1. The molecule has 0 aromatic heterocycles. The van der Waals surface area contributed by atoms with Crippen LogP contribution in [0.15, 0.2) is 0 Å². The van der Waals surface area contributed by atoms with Crippen LogP contribution in [-0.2, 0) is 4.79 Å². The van der Waals surface area contributed by atoms with E-state index in [1.807, 2.05) is 6.92 Å². The highest BCUT2D eigenvalue weighted by Gasteiger charge is 2.01. The second-order valence-electron chi connectivity index (χ2n) is 5.50. The lowest BCUT2D eigenvalue weighted by atomic mass is 10.1. The average Bonchev–Trinajstić information content (AvgIpc) is 2.36. The molecule has 19 heavy (non-hydrogen) atoms. The molecule has 0 rings (SSSR count). The number of hydrogen-bond donors (Lipinski definition) is 1. The van der Waals surface area contributed by atoms with Gasteiger partial charge in [0.05, 0.1) is 0 Å². The molecule has 0 spiro atoms. The Morgan fingerprint density at radius 1 is 1.00 bits per heavy atom. The van der Waals surface area contributed by atoms with Crippen molar-refractivity contribution in [2.24, 2.45) is 0 Å². The molecule has 114 valence electrons. The summed E-state index contributed by atoms with van der Waals surface area (Å²) < 4.78 is 0. The van der Waals surface area contributed by atoms with Gasteiger partial charge in [-0.05, 0) is 19.8 Å². The van der Waals surface area contributed by atoms with Gasteiger partial charge in [0, 0.05) is 18.3 Å². The molecule has 0 fully saturated rings. The van der Waals surface area contributed by atoms with Crippen LogP contribution in [0.2, 0.25) is 0 Å². The number of halogens is 1. The highest BCUT2D eigenvalue weighted by molar-refractivity contribution is 6.20. The number of hydrogen-bond acceptors (Lipinski definition) is 1. The molecule has 0 heterocycles. The van der Waals surface area contributed by atoms with E-state index >= 15 is 0 Å². The van der Waals surface area contributed by atoms with Gasteiger partial charge in [-0.1, -0.05) is 58.3 Å². The van der Waals surface area contributed by atoms with Gasteiger partial charge in [0.2, 0.25) is 5.91 Å². The molecule has 0 aliphatic carbocycles. The zero-order chi connectivity index (χ0) is 14.3. The largest absolute Gasteiger partial charge is 0.356 e. The molecule has 0 saturated carbocycles. The van der Waals surface area contributed by atoms with Crippen LogP contribution < -0.4 is 5.32 Å². The van der Waals surface area contributed by atoms with Crippen LogP contribution in [0.3, 0.4) is 0 Å². The van der Waals surface area contributed by atoms with Crippen LogP contribution in [0.1, 0.15) is 84.5 Å². The van der Waals surface area contributed by atoms with Gasteiger partial charge in [0.25, 0.3) is 0 Å². The van der Waals surface area contributed by atoms with E-state index in [1.54, 1.807) is 0 Å². The van der Waals surface area contributed by atoms with Crippen molar-refractivity contribution in [2.75, 3.05) is 6.54 Å². The molecular formula is C16H32ClNO. The SMILES string of the molecule is CCCCCCCCCCCC(=O)NCCC(C)Cl. The molecular weight excluding hydrogens is 258 g/mol. The van der Waals surface area contributed by atoms with Gasteiger partial charge in [-0.3, -0.25) is 4.79 Å². The maximum atomic E-state index is 11.5. The first kappa shape index (κ1) is 18.8. The Balaban J connectivity index is 3.14. The van der Waals surface area contributed by atoms with Crippen LogP contribution in [0.25, 0.3) is 0 Å². The van der Waals surface area contributed by atoms with E-state index in [-0.39, 0.29) is 11.3 Å². The Bertz CT molecular complexity index is 207. The van der Waals surface area contributed by atoms with Crippen molar-refractivity contribution in [3.8, 4) is 0 Å². The zero-order valence-corrected chi connectivity index (χ0v) is 13.6. The van der Waals surface area contributed by atoms with Crippen molar-refractivity contribution in [1.29, 1.82) is 0 Å². The Labute approximate surface area is 124 Å². The molecule has 1 N–H and O–H groups in total. The molecule has 1 unspecified atom stereocenters. The molecule has 1 atom stereocenters. The second-order valence-corrected chi connectivity index (χ2v) is 6.24. The van der Waals surface area contributed by atoms with Gasteiger partial charge in [-0.25, -0.2) is 0 Å². The standard InChI is InChI=1S/C16H32ClNO/c1-3-4-5-6-7-8-9-10-11-12-16(19)18-14-13-15(2)17/h15H,3-14H2,1-2H3,(H,18,19). The van der Waals surface area contributed by atoms with Crippen molar-refractivity contribution in [2.45, 2.75) is 89.9 Å². The van der Waals surface area contributed by atoms with Gasteiger partial charge in [-0.15, -0.1) is 11.6 Å². The fourth-order valence-electron chi connectivity index (χ4n) is 2.10. The van der Waals surface area contributed by atoms with E-state index in [0.29, 0.717) is 13.0 Å². The molecule has 0 aliphatic rings. The molecule has 0 bridgehead atoms. The normalized spacial score (nSPS) is 12.4. The fraction of sp³-hybridized carbons (Fsp3) is 0.938. The summed E-state index contributed by atoms with van der Waals surface area (Å²) in [5, 5.41) is 3.06. The summed E-state index contributed by atoms with van der Waals surface area (Å²) in [6.07, 6.45) is 13.2. The number of rotatable bonds is 13. The van der Waals surface area contributed by atoms with Crippen LogP contribution in [-0.4, -0.2) is 17.8 Å². The lowest BCUT2D eigenvalue weighted by Gasteiger charge is -2.06. The van der Waals surface area contributed by atoms with E-state index in [1.165, 1.54) is 51.4 Å². The lowest BCUT2D eigenvalue weighted by Crippen LogP contribution is -2.25. The maximum Gasteiger partial charge on any atom is 0.219 e. The molecule has 0 aromatic carbocycles. The third-order valence-corrected chi connectivity index (χ3v) is 3.59. The van der Waals surface area contributed by atoms with Gasteiger partial charge in [0.15, 0.2) is 0 Å². The van der Waals surface area contributed by atoms with Gasteiger partial charge >= 0.3 is 0 Å².